The maximum atomic E-state index is 12.7. The van der Waals surface area contributed by atoms with E-state index in [1.165, 1.54) is 12.1 Å². The summed E-state index contributed by atoms with van der Waals surface area (Å²) in [5, 5.41) is 5.28. The molecule has 2 aliphatic rings. The normalized spacial score (nSPS) is 17.4. The molecule has 2 aliphatic heterocycles. The van der Waals surface area contributed by atoms with Gasteiger partial charge in [0.05, 0.1) is 16.3 Å². The average molecular weight is 571 g/mol. The van der Waals surface area contributed by atoms with Gasteiger partial charge < -0.3 is 15.0 Å². The quantitative estimate of drug-likeness (QED) is 0.370. The second kappa shape index (κ2) is 12.0. The summed E-state index contributed by atoms with van der Waals surface area (Å²) in [6.45, 7) is 2.97. The number of pyridine rings is 1. The SMILES string of the molecule is O=C1NC(=O)C(=Cc2ccnc(N3CCC(CNCc4ccc(-c5ccccc5OC(F)(F)F)nc4)CC3)n2)S1. The zero-order chi connectivity index (χ0) is 28.1. The minimum Gasteiger partial charge on any atom is -0.405 e. The van der Waals surface area contributed by atoms with Gasteiger partial charge in [0.15, 0.2) is 0 Å². The van der Waals surface area contributed by atoms with Crippen LogP contribution in [0.4, 0.5) is 23.9 Å². The molecular weight excluding hydrogens is 545 g/mol. The van der Waals surface area contributed by atoms with Crippen molar-refractivity contribution in [2.75, 3.05) is 24.5 Å². The maximum absolute atomic E-state index is 12.7. The smallest absolute Gasteiger partial charge is 0.405 e. The third-order valence-corrected chi connectivity index (χ3v) is 7.27. The monoisotopic (exact) mass is 570 g/mol. The average Bonchev–Trinajstić information content (AvgIpc) is 3.25. The van der Waals surface area contributed by atoms with E-state index in [0.29, 0.717) is 34.7 Å². The molecule has 9 nitrogen and oxygen atoms in total. The molecule has 5 rings (SSSR count). The number of carbonyl (C=O) groups is 2. The van der Waals surface area contributed by atoms with Crippen LogP contribution in [0.15, 0.2) is 59.8 Å². The van der Waals surface area contributed by atoms with Gasteiger partial charge in [-0.15, -0.1) is 13.2 Å². The highest BCUT2D eigenvalue weighted by Crippen LogP contribution is 2.32. The first kappa shape index (κ1) is 27.6. The van der Waals surface area contributed by atoms with Crippen molar-refractivity contribution in [2.45, 2.75) is 25.7 Å². The Hall–Kier alpha value is -3.97. The number of thioether (sulfide) groups is 1. The van der Waals surface area contributed by atoms with Crippen LogP contribution in [-0.4, -0.2) is 52.1 Å². The van der Waals surface area contributed by atoms with Gasteiger partial charge in [0.25, 0.3) is 11.1 Å². The Morgan fingerprint density at radius 1 is 1.10 bits per heavy atom. The fraction of sp³-hybridized carbons (Fsp3) is 0.296. The van der Waals surface area contributed by atoms with Crippen LogP contribution in [0.2, 0.25) is 0 Å². The standard InChI is InChI=1S/C27H25F3N6O3S/c28-27(29,30)39-22-4-2-1-3-20(22)21-6-5-18(16-33-21)15-31-14-17-8-11-36(12-9-17)25-32-10-7-19(34-25)13-23-24(37)35-26(38)40-23/h1-7,10,13,16-17,31H,8-9,11-12,14-15H2,(H,35,37,38). The molecule has 0 radical (unpaired) electrons. The highest BCUT2D eigenvalue weighted by molar-refractivity contribution is 8.18. The topological polar surface area (TPSA) is 109 Å². The van der Waals surface area contributed by atoms with Gasteiger partial charge in [-0.3, -0.25) is 19.9 Å². The number of benzene rings is 1. The van der Waals surface area contributed by atoms with Gasteiger partial charge >= 0.3 is 6.36 Å². The molecule has 0 spiro atoms. The summed E-state index contributed by atoms with van der Waals surface area (Å²) in [5.41, 5.74) is 2.16. The number of imide groups is 1. The molecule has 0 bridgehead atoms. The number of hydrogen-bond acceptors (Lipinski definition) is 9. The van der Waals surface area contributed by atoms with E-state index in [1.807, 2.05) is 6.07 Å². The zero-order valence-corrected chi connectivity index (χ0v) is 22.0. The minimum absolute atomic E-state index is 0.273. The number of para-hydroxylation sites is 1. The lowest BCUT2D eigenvalue weighted by molar-refractivity contribution is -0.274. The molecule has 3 aromatic rings. The van der Waals surface area contributed by atoms with Gasteiger partial charge in [0, 0.05) is 37.6 Å². The van der Waals surface area contributed by atoms with Crippen molar-refractivity contribution in [3.63, 3.8) is 0 Å². The number of piperidine rings is 1. The second-order valence-electron chi connectivity index (χ2n) is 9.29. The Balaban J connectivity index is 1.10. The predicted molar refractivity (Wildman–Crippen MR) is 144 cm³/mol. The fourth-order valence-electron chi connectivity index (χ4n) is 4.49. The number of ether oxygens (including phenoxy) is 1. The van der Waals surface area contributed by atoms with E-state index in [2.05, 4.69) is 35.2 Å². The summed E-state index contributed by atoms with van der Waals surface area (Å²) in [6.07, 6.45) is 2.00. The highest BCUT2D eigenvalue weighted by Gasteiger charge is 2.32. The molecule has 2 aromatic heterocycles. The van der Waals surface area contributed by atoms with Crippen molar-refractivity contribution >= 4 is 34.9 Å². The third-order valence-electron chi connectivity index (χ3n) is 6.46. The Morgan fingerprint density at radius 2 is 1.90 bits per heavy atom. The third kappa shape index (κ3) is 7.16. The molecule has 4 heterocycles. The lowest BCUT2D eigenvalue weighted by Crippen LogP contribution is -2.38. The number of nitrogens with zero attached hydrogens (tertiary/aromatic N) is 4. The lowest BCUT2D eigenvalue weighted by Gasteiger charge is -2.32. The van der Waals surface area contributed by atoms with E-state index in [0.717, 1.165) is 49.8 Å². The summed E-state index contributed by atoms with van der Waals surface area (Å²) >= 11 is 0.852. The molecule has 208 valence electrons. The fourth-order valence-corrected chi connectivity index (χ4v) is 5.15. The van der Waals surface area contributed by atoms with Crippen LogP contribution in [-0.2, 0) is 11.3 Å². The molecule has 0 aliphatic carbocycles. The molecule has 1 aromatic carbocycles. The highest BCUT2D eigenvalue weighted by atomic mass is 32.2. The first-order chi connectivity index (χ1) is 19.2. The molecule has 2 N–H and O–H groups in total. The van der Waals surface area contributed by atoms with Crippen molar-refractivity contribution in [2.24, 2.45) is 5.92 Å². The number of halogens is 3. The number of aromatic nitrogens is 3. The molecule has 2 fully saturated rings. The van der Waals surface area contributed by atoms with E-state index in [-0.39, 0.29) is 11.3 Å². The van der Waals surface area contributed by atoms with Gasteiger partial charge in [0.1, 0.15) is 5.75 Å². The first-order valence-corrected chi connectivity index (χ1v) is 13.4. The van der Waals surface area contributed by atoms with E-state index < -0.39 is 17.5 Å². The number of amides is 2. The molecule has 2 amide bonds. The van der Waals surface area contributed by atoms with Crippen molar-refractivity contribution < 1.29 is 27.5 Å². The van der Waals surface area contributed by atoms with Gasteiger partial charge in [-0.2, -0.15) is 0 Å². The molecule has 0 atom stereocenters. The van der Waals surface area contributed by atoms with E-state index in [1.54, 1.807) is 42.7 Å². The van der Waals surface area contributed by atoms with Crippen molar-refractivity contribution in [1.82, 2.24) is 25.6 Å². The van der Waals surface area contributed by atoms with Crippen LogP contribution in [0.25, 0.3) is 17.3 Å². The van der Waals surface area contributed by atoms with Gasteiger partial charge in [-0.05, 0) is 73.0 Å². The summed E-state index contributed by atoms with van der Waals surface area (Å²) in [7, 11) is 0. The number of carbonyl (C=O) groups excluding carboxylic acids is 2. The van der Waals surface area contributed by atoms with E-state index >= 15 is 0 Å². The first-order valence-electron chi connectivity index (χ1n) is 12.6. The number of rotatable bonds is 8. The van der Waals surface area contributed by atoms with Crippen LogP contribution in [0, 0.1) is 5.92 Å². The van der Waals surface area contributed by atoms with Gasteiger partial charge in [0.2, 0.25) is 5.95 Å². The summed E-state index contributed by atoms with van der Waals surface area (Å²) in [5.74, 6) is 0.343. The van der Waals surface area contributed by atoms with Gasteiger partial charge in [-0.25, -0.2) is 9.97 Å². The Kier molecular flexibility index (Phi) is 8.31. The molecule has 2 saturated heterocycles. The Labute approximate surface area is 232 Å². The number of alkyl halides is 3. The van der Waals surface area contributed by atoms with Crippen LogP contribution >= 0.6 is 11.8 Å². The largest absolute Gasteiger partial charge is 0.573 e. The zero-order valence-electron chi connectivity index (χ0n) is 21.1. The van der Waals surface area contributed by atoms with Crippen LogP contribution in [0.3, 0.4) is 0 Å². The Bertz CT molecular complexity index is 1410. The van der Waals surface area contributed by atoms with Crippen LogP contribution < -0.4 is 20.3 Å². The molecule has 0 saturated carbocycles. The van der Waals surface area contributed by atoms with Crippen molar-refractivity contribution in [1.29, 1.82) is 0 Å². The second-order valence-corrected chi connectivity index (χ2v) is 10.3. The molecular formula is C27H25F3N6O3S. The minimum atomic E-state index is -4.78. The lowest BCUT2D eigenvalue weighted by atomic mass is 9.97. The van der Waals surface area contributed by atoms with Crippen molar-refractivity contribution in [3.8, 4) is 17.0 Å². The number of hydrogen-bond donors (Lipinski definition) is 2. The van der Waals surface area contributed by atoms with E-state index in [4.69, 9.17) is 0 Å². The number of anilines is 1. The van der Waals surface area contributed by atoms with Crippen LogP contribution in [0.5, 0.6) is 5.75 Å². The molecule has 40 heavy (non-hydrogen) atoms. The van der Waals surface area contributed by atoms with Crippen molar-refractivity contribution in [3.05, 3.63) is 71.0 Å². The maximum Gasteiger partial charge on any atom is 0.573 e. The predicted octanol–water partition coefficient (Wildman–Crippen LogP) is 4.77. The van der Waals surface area contributed by atoms with Gasteiger partial charge in [-0.1, -0.05) is 18.2 Å². The molecule has 0 unspecified atom stereocenters. The summed E-state index contributed by atoms with van der Waals surface area (Å²) < 4.78 is 42.3. The molecule has 13 heteroatoms. The van der Waals surface area contributed by atoms with E-state index in [9.17, 15) is 22.8 Å². The summed E-state index contributed by atoms with van der Waals surface area (Å²) in [4.78, 5) is 38.8. The summed E-state index contributed by atoms with van der Waals surface area (Å²) in [6, 6.07) is 11.2. The Morgan fingerprint density at radius 3 is 2.60 bits per heavy atom. The number of nitrogens with one attached hydrogen (secondary N) is 2. The van der Waals surface area contributed by atoms with Crippen LogP contribution in [0.1, 0.15) is 24.1 Å².